The molecule has 2 fully saturated rings. The first kappa shape index (κ1) is 17.2. The number of furan rings is 1. The van der Waals surface area contributed by atoms with Crippen LogP contribution in [0.15, 0.2) is 47.5 Å². The lowest BCUT2D eigenvalue weighted by atomic mass is 9.73. The van der Waals surface area contributed by atoms with Gasteiger partial charge in [0.1, 0.15) is 6.26 Å². The number of carbonyl (C=O) groups is 1. The highest BCUT2D eigenvalue weighted by molar-refractivity contribution is 5.93. The maximum atomic E-state index is 12.8. The third-order valence-electron chi connectivity index (χ3n) is 5.45. The molecule has 2 aliphatic rings. The van der Waals surface area contributed by atoms with Crippen LogP contribution in [-0.2, 0) is 16.1 Å². The van der Waals surface area contributed by atoms with Gasteiger partial charge in [-0.2, -0.15) is 0 Å². The summed E-state index contributed by atoms with van der Waals surface area (Å²) in [4.78, 5) is 18.7. The normalized spacial score (nSPS) is 25.7. The second-order valence-electron chi connectivity index (χ2n) is 7.20. The third-order valence-corrected chi connectivity index (χ3v) is 5.45. The molecular weight excluding hydrogens is 332 g/mol. The molecule has 2 saturated heterocycles. The van der Waals surface area contributed by atoms with Crippen molar-refractivity contribution in [3.8, 4) is 0 Å². The van der Waals surface area contributed by atoms with Gasteiger partial charge in [0.15, 0.2) is 0 Å². The fourth-order valence-electron chi connectivity index (χ4n) is 4.09. The summed E-state index contributed by atoms with van der Waals surface area (Å²) in [6, 6.07) is 5.64. The highest BCUT2D eigenvalue weighted by atomic mass is 16.5. The van der Waals surface area contributed by atoms with E-state index in [1.54, 1.807) is 18.5 Å². The van der Waals surface area contributed by atoms with E-state index in [2.05, 4.69) is 4.98 Å². The first-order chi connectivity index (χ1) is 12.8. The molecule has 6 heteroatoms. The molecule has 0 aromatic carbocycles. The maximum Gasteiger partial charge on any atom is 0.257 e. The quantitative estimate of drug-likeness (QED) is 0.824. The highest BCUT2D eigenvalue weighted by Crippen LogP contribution is 2.41. The first-order valence-electron chi connectivity index (χ1n) is 9.17. The topological polar surface area (TPSA) is 64.8 Å². The summed E-state index contributed by atoms with van der Waals surface area (Å²) >= 11 is 0. The molecule has 0 saturated carbocycles. The van der Waals surface area contributed by atoms with Crippen molar-refractivity contribution >= 4 is 5.91 Å². The molecule has 4 heterocycles. The number of carbonyl (C=O) groups excluding carboxylic acids is 1. The van der Waals surface area contributed by atoms with Crippen molar-refractivity contribution in [3.63, 3.8) is 0 Å². The molecule has 0 aliphatic carbocycles. The zero-order valence-electron chi connectivity index (χ0n) is 14.8. The Balaban J connectivity index is 1.45. The Morgan fingerprint density at radius 2 is 2.23 bits per heavy atom. The predicted molar refractivity (Wildman–Crippen MR) is 94.5 cm³/mol. The molecule has 0 radical (unpaired) electrons. The van der Waals surface area contributed by atoms with Gasteiger partial charge >= 0.3 is 0 Å². The van der Waals surface area contributed by atoms with Crippen molar-refractivity contribution in [2.75, 3.05) is 26.3 Å². The van der Waals surface area contributed by atoms with E-state index >= 15 is 0 Å². The molecule has 1 amide bonds. The molecule has 6 nitrogen and oxygen atoms in total. The van der Waals surface area contributed by atoms with Crippen LogP contribution in [0, 0.1) is 5.41 Å². The zero-order chi connectivity index (χ0) is 17.8. The minimum atomic E-state index is -0.136. The van der Waals surface area contributed by atoms with Crippen LogP contribution in [0.25, 0.3) is 0 Å². The fraction of sp³-hybridized carbons (Fsp3) is 0.500. The molecule has 0 bridgehead atoms. The Bertz CT molecular complexity index is 719. The first-order valence-corrected chi connectivity index (χ1v) is 9.17. The van der Waals surface area contributed by atoms with E-state index in [-0.39, 0.29) is 17.4 Å². The lowest BCUT2D eigenvalue weighted by Gasteiger charge is -2.50. The number of pyridine rings is 1. The van der Waals surface area contributed by atoms with E-state index in [4.69, 9.17) is 13.9 Å². The summed E-state index contributed by atoms with van der Waals surface area (Å²) in [6.07, 6.45) is 9.62. The summed E-state index contributed by atoms with van der Waals surface area (Å²) in [5.74, 6) is 0.0243. The van der Waals surface area contributed by atoms with Gasteiger partial charge in [-0.05, 0) is 43.0 Å². The average Bonchev–Trinajstić information content (AvgIpc) is 3.22. The van der Waals surface area contributed by atoms with Crippen LogP contribution in [0.1, 0.15) is 35.2 Å². The van der Waals surface area contributed by atoms with E-state index in [1.165, 1.54) is 12.5 Å². The van der Waals surface area contributed by atoms with Crippen LogP contribution in [0.4, 0.5) is 0 Å². The number of ether oxygens (including phenoxy) is 2. The largest absolute Gasteiger partial charge is 0.472 e. The van der Waals surface area contributed by atoms with Crippen LogP contribution in [-0.4, -0.2) is 48.2 Å². The highest BCUT2D eigenvalue weighted by Gasteiger charge is 2.47. The number of likely N-dealkylation sites (tertiary alicyclic amines) is 1. The van der Waals surface area contributed by atoms with Crippen molar-refractivity contribution in [1.82, 2.24) is 9.88 Å². The number of hydrogen-bond acceptors (Lipinski definition) is 5. The SMILES string of the molecule is O=C(c1ccoc1)N1CC[C@H]2OCCC[C@]2(COCc2ccncc2)C1. The van der Waals surface area contributed by atoms with Crippen LogP contribution >= 0.6 is 0 Å². The second-order valence-corrected chi connectivity index (χ2v) is 7.20. The van der Waals surface area contributed by atoms with E-state index in [9.17, 15) is 4.79 Å². The smallest absolute Gasteiger partial charge is 0.257 e. The zero-order valence-corrected chi connectivity index (χ0v) is 14.8. The van der Waals surface area contributed by atoms with Crippen LogP contribution in [0.3, 0.4) is 0 Å². The molecule has 2 aromatic rings. The Morgan fingerprint density at radius 3 is 3.04 bits per heavy atom. The summed E-state index contributed by atoms with van der Waals surface area (Å²) in [5, 5.41) is 0. The number of rotatable bonds is 5. The maximum absolute atomic E-state index is 12.8. The van der Waals surface area contributed by atoms with Crippen molar-refractivity contribution in [2.45, 2.75) is 32.0 Å². The van der Waals surface area contributed by atoms with Gasteiger partial charge in [-0.25, -0.2) is 0 Å². The molecule has 0 spiro atoms. The van der Waals surface area contributed by atoms with Gasteiger partial charge in [-0.3, -0.25) is 9.78 Å². The lowest BCUT2D eigenvalue weighted by Crippen LogP contribution is -2.58. The van der Waals surface area contributed by atoms with Crippen LogP contribution in [0.2, 0.25) is 0 Å². The summed E-state index contributed by atoms with van der Waals surface area (Å²) < 4.78 is 17.2. The van der Waals surface area contributed by atoms with Gasteiger partial charge in [0.25, 0.3) is 5.91 Å². The van der Waals surface area contributed by atoms with Gasteiger partial charge in [0.2, 0.25) is 0 Å². The van der Waals surface area contributed by atoms with Gasteiger partial charge in [0, 0.05) is 37.5 Å². The van der Waals surface area contributed by atoms with Gasteiger partial charge in [-0.15, -0.1) is 0 Å². The molecule has 2 aliphatic heterocycles. The molecule has 26 heavy (non-hydrogen) atoms. The van der Waals surface area contributed by atoms with Crippen molar-refractivity contribution in [3.05, 3.63) is 54.2 Å². The van der Waals surface area contributed by atoms with Crippen LogP contribution in [0.5, 0.6) is 0 Å². The second kappa shape index (κ2) is 7.60. The van der Waals surface area contributed by atoms with Crippen LogP contribution < -0.4 is 0 Å². The van der Waals surface area contributed by atoms with Crippen molar-refractivity contribution in [1.29, 1.82) is 0 Å². The number of aromatic nitrogens is 1. The molecule has 0 unspecified atom stereocenters. The molecular formula is C20H24N2O4. The Hall–Kier alpha value is -2.18. The van der Waals surface area contributed by atoms with Gasteiger partial charge in [-0.1, -0.05) is 0 Å². The molecule has 138 valence electrons. The number of fused-ring (bicyclic) bond motifs is 1. The van der Waals surface area contributed by atoms with E-state index in [0.717, 1.165) is 31.4 Å². The fourth-order valence-corrected chi connectivity index (χ4v) is 4.09. The molecule has 2 aromatic heterocycles. The lowest BCUT2D eigenvalue weighted by molar-refractivity contribution is -0.148. The number of amides is 1. The summed E-state index contributed by atoms with van der Waals surface area (Å²) in [5.41, 5.74) is 1.57. The third kappa shape index (κ3) is 3.52. The Morgan fingerprint density at radius 1 is 1.35 bits per heavy atom. The standard InChI is InChI=1S/C20H24N2O4/c23-19(17-5-11-24-13-17)22-9-4-18-20(14-22,6-1-10-26-18)15-25-12-16-2-7-21-8-3-16/h2-3,5,7-8,11,13,18H,1,4,6,9-10,12,14-15H2/t18-,20-/m1/s1. The van der Waals surface area contributed by atoms with E-state index in [1.807, 2.05) is 17.0 Å². The monoisotopic (exact) mass is 356 g/mol. The minimum Gasteiger partial charge on any atom is -0.472 e. The van der Waals surface area contributed by atoms with Crippen molar-refractivity contribution in [2.24, 2.45) is 5.41 Å². The average molecular weight is 356 g/mol. The minimum absolute atomic E-state index is 0.0243. The molecule has 2 atom stereocenters. The number of piperidine rings is 1. The van der Waals surface area contributed by atoms with Gasteiger partial charge in [0.05, 0.1) is 31.1 Å². The predicted octanol–water partition coefficient (Wildman–Crippen LogP) is 2.90. The summed E-state index contributed by atoms with van der Waals surface area (Å²) in [7, 11) is 0. The van der Waals surface area contributed by atoms with E-state index < -0.39 is 0 Å². The summed E-state index contributed by atoms with van der Waals surface area (Å²) in [6.45, 7) is 3.31. The van der Waals surface area contributed by atoms with E-state index in [0.29, 0.717) is 31.9 Å². The number of nitrogens with zero attached hydrogens (tertiary/aromatic N) is 2. The number of hydrogen-bond donors (Lipinski definition) is 0. The molecule has 4 rings (SSSR count). The Kier molecular flexibility index (Phi) is 5.04. The molecule has 0 N–H and O–H groups in total. The Labute approximate surface area is 153 Å². The van der Waals surface area contributed by atoms with Gasteiger partial charge < -0.3 is 18.8 Å². The van der Waals surface area contributed by atoms with Crippen molar-refractivity contribution < 1.29 is 18.7 Å².